The molecule has 0 spiro atoms. The summed E-state index contributed by atoms with van der Waals surface area (Å²) in [5, 5.41) is 7.17. The molecule has 0 unspecified atom stereocenters. The first-order chi connectivity index (χ1) is 13.9. The van der Waals surface area contributed by atoms with Crippen LogP contribution in [0.25, 0.3) is 16.7 Å². The number of fused-ring (bicyclic) bond motifs is 1. The lowest BCUT2D eigenvalue weighted by molar-refractivity contribution is -0.145. The third-order valence-electron chi connectivity index (χ3n) is 4.40. The first-order valence-electron chi connectivity index (χ1n) is 9.26. The number of carbonyl (C=O) groups excluding carboxylic acids is 2. The molecule has 2 heterocycles. The fourth-order valence-electron chi connectivity index (χ4n) is 3.04. The average molecular weight is 397 g/mol. The lowest BCUT2D eigenvalue weighted by Gasteiger charge is -2.18. The van der Waals surface area contributed by atoms with Crippen LogP contribution in [0.5, 0.6) is 0 Å². The number of rotatable bonds is 7. The van der Waals surface area contributed by atoms with Gasteiger partial charge in [-0.2, -0.15) is 5.10 Å². The van der Waals surface area contributed by atoms with Gasteiger partial charge in [0.1, 0.15) is 24.3 Å². The Morgan fingerprint density at radius 1 is 1.21 bits per heavy atom. The Hall–Kier alpha value is -3.49. The highest BCUT2D eigenvalue weighted by Gasteiger charge is 2.23. The maximum absolute atomic E-state index is 12.8. The van der Waals surface area contributed by atoms with E-state index in [1.54, 1.807) is 4.68 Å². The van der Waals surface area contributed by atoms with Gasteiger partial charge in [-0.15, -0.1) is 0 Å². The van der Waals surface area contributed by atoms with Crippen molar-refractivity contribution >= 4 is 22.9 Å². The van der Waals surface area contributed by atoms with Gasteiger partial charge in [0, 0.05) is 0 Å². The summed E-state index contributed by atoms with van der Waals surface area (Å²) >= 11 is 0. The Morgan fingerprint density at radius 2 is 1.93 bits per heavy atom. The van der Waals surface area contributed by atoms with Crippen molar-refractivity contribution in [2.45, 2.75) is 32.9 Å². The summed E-state index contributed by atoms with van der Waals surface area (Å²) in [5.74, 6) is -0.805. The molecule has 1 amide bonds. The van der Waals surface area contributed by atoms with E-state index in [-0.39, 0.29) is 18.0 Å². The molecule has 0 fully saturated rings. The summed E-state index contributed by atoms with van der Waals surface area (Å²) in [6, 6.07) is 8.56. The predicted octanol–water partition coefficient (Wildman–Crippen LogP) is 1.29. The van der Waals surface area contributed by atoms with Crippen LogP contribution in [0.3, 0.4) is 0 Å². The highest BCUT2D eigenvalue weighted by molar-refractivity contribution is 5.84. The number of aromatic nitrogens is 4. The molecule has 1 aromatic carbocycles. The first-order valence-corrected chi connectivity index (χ1v) is 9.26. The molecule has 9 nitrogen and oxygen atoms in total. The van der Waals surface area contributed by atoms with E-state index in [2.05, 4.69) is 15.4 Å². The van der Waals surface area contributed by atoms with Crippen molar-refractivity contribution in [3.63, 3.8) is 0 Å². The van der Waals surface area contributed by atoms with Crippen molar-refractivity contribution < 1.29 is 14.3 Å². The molecule has 29 heavy (non-hydrogen) atoms. The summed E-state index contributed by atoms with van der Waals surface area (Å²) in [5.41, 5.74) is 0.801. The lowest BCUT2D eigenvalue weighted by atomic mass is 10.0. The molecule has 0 bridgehead atoms. The molecule has 9 heteroatoms. The van der Waals surface area contributed by atoms with Crippen LogP contribution in [0.2, 0.25) is 0 Å². The summed E-state index contributed by atoms with van der Waals surface area (Å²) in [7, 11) is 1.27. The van der Waals surface area contributed by atoms with Crippen molar-refractivity contribution in [2.75, 3.05) is 7.11 Å². The predicted molar refractivity (Wildman–Crippen MR) is 107 cm³/mol. The third kappa shape index (κ3) is 4.50. The van der Waals surface area contributed by atoms with Crippen molar-refractivity contribution in [3.05, 3.63) is 53.2 Å². The van der Waals surface area contributed by atoms with Crippen molar-refractivity contribution in [3.8, 4) is 5.69 Å². The number of methoxy groups -OCH3 is 1. The van der Waals surface area contributed by atoms with Gasteiger partial charge in [0.25, 0.3) is 5.56 Å². The lowest BCUT2D eigenvalue weighted by Crippen LogP contribution is -2.44. The Balaban J connectivity index is 1.82. The van der Waals surface area contributed by atoms with E-state index in [4.69, 9.17) is 4.74 Å². The van der Waals surface area contributed by atoms with E-state index in [0.29, 0.717) is 17.5 Å². The van der Waals surface area contributed by atoms with Gasteiger partial charge in [0.2, 0.25) is 5.91 Å². The number of hydrogen-bond donors (Lipinski definition) is 1. The highest BCUT2D eigenvalue weighted by Crippen LogP contribution is 2.13. The van der Waals surface area contributed by atoms with Crippen LogP contribution in [0.15, 0.2) is 47.7 Å². The van der Waals surface area contributed by atoms with Gasteiger partial charge in [-0.25, -0.2) is 14.5 Å². The van der Waals surface area contributed by atoms with E-state index in [1.165, 1.54) is 24.2 Å². The Morgan fingerprint density at radius 3 is 2.59 bits per heavy atom. The standard InChI is InChI=1S/C20H23N5O4/c1-13(2)9-16(20(28)29-3)23-17(26)11-24-12-21-18-15(19(24)27)10-22-25(18)14-7-5-4-6-8-14/h4-8,10,12-13,16H,9,11H2,1-3H3,(H,23,26)/t16-/m0/s1. The molecule has 0 saturated carbocycles. The zero-order valence-electron chi connectivity index (χ0n) is 16.5. The van der Waals surface area contributed by atoms with Crippen LogP contribution in [0.1, 0.15) is 20.3 Å². The largest absolute Gasteiger partial charge is 0.467 e. The van der Waals surface area contributed by atoms with Crippen LogP contribution >= 0.6 is 0 Å². The van der Waals surface area contributed by atoms with Gasteiger partial charge in [0.15, 0.2) is 5.65 Å². The minimum Gasteiger partial charge on any atom is -0.467 e. The van der Waals surface area contributed by atoms with Crippen LogP contribution in [0, 0.1) is 5.92 Å². The quantitative estimate of drug-likeness (QED) is 0.602. The summed E-state index contributed by atoms with van der Waals surface area (Å²) in [6.07, 6.45) is 3.18. The number of amides is 1. The van der Waals surface area contributed by atoms with Crippen molar-refractivity contribution in [1.82, 2.24) is 24.6 Å². The molecule has 3 aromatic rings. The van der Waals surface area contributed by atoms with Crippen LogP contribution in [0.4, 0.5) is 0 Å². The maximum Gasteiger partial charge on any atom is 0.328 e. The third-order valence-corrected chi connectivity index (χ3v) is 4.40. The Labute approximate surface area is 167 Å². The van der Waals surface area contributed by atoms with Crippen molar-refractivity contribution in [2.24, 2.45) is 5.92 Å². The molecule has 0 saturated heterocycles. The molecule has 152 valence electrons. The number of benzene rings is 1. The van der Waals surface area contributed by atoms with E-state index < -0.39 is 17.9 Å². The monoisotopic (exact) mass is 397 g/mol. The summed E-state index contributed by atoms with van der Waals surface area (Å²) in [4.78, 5) is 41.4. The van der Waals surface area contributed by atoms with Crippen molar-refractivity contribution in [1.29, 1.82) is 0 Å². The van der Waals surface area contributed by atoms with E-state index in [1.807, 2.05) is 44.2 Å². The summed E-state index contributed by atoms with van der Waals surface area (Å²) < 4.78 is 7.50. The molecular formula is C20H23N5O4. The van der Waals surface area contributed by atoms with Gasteiger partial charge < -0.3 is 10.1 Å². The molecule has 2 aromatic heterocycles. The first kappa shape index (κ1) is 20.2. The number of nitrogens with zero attached hydrogens (tertiary/aromatic N) is 4. The average Bonchev–Trinajstić information content (AvgIpc) is 3.14. The van der Waals surface area contributed by atoms with Crippen LogP contribution in [-0.4, -0.2) is 44.4 Å². The normalized spacial score (nSPS) is 12.1. The Bertz CT molecular complexity index is 1070. The van der Waals surface area contributed by atoms with E-state index in [0.717, 1.165) is 5.69 Å². The Kier molecular flexibility index (Phi) is 6.06. The van der Waals surface area contributed by atoms with Gasteiger partial charge in [-0.05, 0) is 24.5 Å². The van der Waals surface area contributed by atoms with E-state index in [9.17, 15) is 14.4 Å². The number of nitrogens with one attached hydrogen (secondary N) is 1. The molecule has 1 atom stereocenters. The second kappa shape index (κ2) is 8.68. The number of esters is 1. The van der Waals surface area contributed by atoms with Gasteiger partial charge in [-0.1, -0.05) is 32.0 Å². The smallest absolute Gasteiger partial charge is 0.328 e. The van der Waals surface area contributed by atoms with Gasteiger partial charge >= 0.3 is 5.97 Å². The van der Waals surface area contributed by atoms with E-state index >= 15 is 0 Å². The minimum absolute atomic E-state index is 0.184. The van der Waals surface area contributed by atoms with Gasteiger partial charge in [-0.3, -0.25) is 14.2 Å². The summed E-state index contributed by atoms with van der Waals surface area (Å²) in [6.45, 7) is 3.62. The molecular weight excluding hydrogens is 374 g/mol. The molecule has 3 rings (SSSR count). The van der Waals surface area contributed by atoms with Gasteiger partial charge in [0.05, 0.1) is 19.0 Å². The highest BCUT2D eigenvalue weighted by atomic mass is 16.5. The fraction of sp³-hybridized carbons (Fsp3) is 0.350. The molecule has 0 aliphatic carbocycles. The van der Waals surface area contributed by atoms with Crippen LogP contribution in [-0.2, 0) is 20.9 Å². The number of hydrogen-bond acceptors (Lipinski definition) is 6. The molecule has 0 radical (unpaired) electrons. The van der Waals surface area contributed by atoms with Crippen LogP contribution < -0.4 is 10.9 Å². The maximum atomic E-state index is 12.8. The number of carbonyl (C=O) groups is 2. The number of para-hydroxylation sites is 1. The topological polar surface area (TPSA) is 108 Å². The molecule has 0 aliphatic rings. The SMILES string of the molecule is COC(=O)[C@H](CC(C)C)NC(=O)Cn1cnc2c(cnn2-c2ccccc2)c1=O. The fourth-order valence-corrected chi connectivity index (χ4v) is 3.04. The number of ether oxygens (including phenoxy) is 1. The molecule has 0 aliphatic heterocycles. The second-order valence-electron chi connectivity index (χ2n) is 7.08. The second-order valence-corrected chi connectivity index (χ2v) is 7.08. The minimum atomic E-state index is -0.763. The molecule has 1 N–H and O–H groups in total. The zero-order chi connectivity index (χ0) is 21.0. The zero-order valence-corrected chi connectivity index (χ0v) is 16.5.